The summed E-state index contributed by atoms with van der Waals surface area (Å²) in [6, 6.07) is 13.7. The second-order valence-corrected chi connectivity index (χ2v) is 8.39. The van der Waals surface area contributed by atoms with Crippen LogP contribution >= 0.6 is 15.9 Å². The third-order valence-corrected chi connectivity index (χ3v) is 6.12. The van der Waals surface area contributed by atoms with Gasteiger partial charge < -0.3 is 15.1 Å². The standard InChI is InChI=1S/C22H23BrN6O2/c1-15-4-3-5-19(16(15)2)27-10-12-28(13-11-27)22-20(29(30)31)21(24-14-25-22)26-18-8-6-17(23)7-9-18/h3-9,14H,10-13H2,1-2H3,(H,24,25,26). The molecular formula is C22H23BrN6O2. The maximum absolute atomic E-state index is 11.9. The number of benzene rings is 2. The molecule has 0 bridgehead atoms. The Hall–Kier alpha value is -3.20. The number of aryl methyl sites for hydroxylation is 1. The Labute approximate surface area is 189 Å². The highest BCUT2D eigenvalue weighted by molar-refractivity contribution is 9.10. The molecule has 0 radical (unpaired) electrons. The Morgan fingerprint density at radius 2 is 1.68 bits per heavy atom. The van der Waals surface area contributed by atoms with Gasteiger partial charge in [0.15, 0.2) is 0 Å². The van der Waals surface area contributed by atoms with Crippen LogP contribution in [-0.4, -0.2) is 41.1 Å². The van der Waals surface area contributed by atoms with E-state index < -0.39 is 4.92 Å². The predicted molar refractivity (Wildman–Crippen MR) is 126 cm³/mol. The molecule has 0 aliphatic carbocycles. The average Bonchev–Trinajstić information content (AvgIpc) is 2.77. The van der Waals surface area contributed by atoms with Crippen molar-refractivity contribution in [1.29, 1.82) is 0 Å². The van der Waals surface area contributed by atoms with Crippen LogP contribution in [0.4, 0.5) is 28.7 Å². The van der Waals surface area contributed by atoms with Crippen LogP contribution in [0.15, 0.2) is 53.3 Å². The molecule has 0 amide bonds. The summed E-state index contributed by atoms with van der Waals surface area (Å²) in [6.45, 7) is 7.05. The lowest BCUT2D eigenvalue weighted by atomic mass is 10.1. The normalized spacial score (nSPS) is 13.9. The van der Waals surface area contributed by atoms with E-state index in [0.717, 1.165) is 23.2 Å². The highest BCUT2D eigenvalue weighted by Crippen LogP contribution is 2.35. The smallest absolute Gasteiger partial charge is 0.353 e. The Bertz CT molecular complexity index is 1100. The van der Waals surface area contributed by atoms with Crippen LogP contribution in [0, 0.1) is 24.0 Å². The lowest BCUT2D eigenvalue weighted by molar-refractivity contribution is -0.383. The van der Waals surface area contributed by atoms with Gasteiger partial charge in [-0.15, -0.1) is 0 Å². The molecule has 8 nitrogen and oxygen atoms in total. The van der Waals surface area contributed by atoms with Gasteiger partial charge in [0.05, 0.1) is 4.92 Å². The third-order valence-electron chi connectivity index (χ3n) is 5.59. The number of nitrogens with zero attached hydrogens (tertiary/aromatic N) is 5. The summed E-state index contributed by atoms with van der Waals surface area (Å²) in [5.41, 5.74) is 4.36. The molecule has 4 rings (SSSR count). The van der Waals surface area contributed by atoms with Crippen LogP contribution in [0.25, 0.3) is 0 Å². The largest absolute Gasteiger partial charge is 0.368 e. The van der Waals surface area contributed by atoms with Gasteiger partial charge in [-0.25, -0.2) is 9.97 Å². The maximum Gasteiger partial charge on any atom is 0.353 e. The van der Waals surface area contributed by atoms with Crippen molar-refractivity contribution in [3.63, 3.8) is 0 Å². The van der Waals surface area contributed by atoms with Gasteiger partial charge in [0.25, 0.3) is 0 Å². The zero-order valence-electron chi connectivity index (χ0n) is 17.4. The summed E-state index contributed by atoms with van der Waals surface area (Å²) < 4.78 is 0.928. The van der Waals surface area contributed by atoms with Gasteiger partial charge in [0, 0.05) is 42.0 Å². The number of rotatable bonds is 5. The van der Waals surface area contributed by atoms with Crippen LogP contribution in [0.3, 0.4) is 0 Å². The maximum atomic E-state index is 11.9. The van der Waals surface area contributed by atoms with Gasteiger partial charge in [-0.3, -0.25) is 10.1 Å². The highest BCUT2D eigenvalue weighted by atomic mass is 79.9. The molecule has 1 aliphatic rings. The van der Waals surface area contributed by atoms with Crippen molar-refractivity contribution < 1.29 is 4.92 Å². The van der Waals surface area contributed by atoms with E-state index in [-0.39, 0.29) is 11.5 Å². The SMILES string of the molecule is Cc1cccc(N2CCN(c3ncnc(Nc4ccc(Br)cc4)c3[N+](=O)[O-])CC2)c1C. The first-order valence-corrected chi connectivity index (χ1v) is 10.8. The Morgan fingerprint density at radius 3 is 2.35 bits per heavy atom. The second kappa shape index (κ2) is 8.89. The van der Waals surface area contributed by atoms with Crippen LogP contribution in [-0.2, 0) is 0 Å². The van der Waals surface area contributed by atoms with Gasteiger partial charge in [-0.2, -0.15) is 0 Å². The molecule has 31 heavy (non-hydrogen) atoms. The summed E-state index contributed by atoms with van der Waals surface area (Å²) in [7, 11) is 0. The highest BCUT2D eigenvalue weighted by Gasteiger charge is 2.29. The number of nitrogens with one attached hydrogen (secondary N) is 1. The van der Waals surface area contributed by atoms with Crippen LogP contribution in [0.2, 0.25) is 0 Å². The van der Waals surface area contributed by atoms with Crippen LogP contribution < -0.4 is 15.1 Å². The molecule has 2 aromatic carbocycles. The van der Waals surface area contributed by atoms with E-state index in [0.29, 0.717) is 18.9 Å². The monoisotopic (exact) mass is 482 g/mol. The minimum absolute atomic E-state index is 0.106. The zero-order valence-corrected chi connectivity index (χ0v) is 19.0. The first kappa shape index (κ1) is 21.0. The van der Waals surface area contributed by atoms with Crippen molar-refractivity contribution >= 4 is 44.6 Å². The van der Waals surface area contributed by atoms with E-state index >= 15 is 0 Å². The van der Waals surface area contributed by atoms with Crippen molar-refractivity contribution in [1.82, 2.24) is 9.97 Å². The average molecular weight is 483 g/mol. The van der Waals surface area contributed by atoms with Crippen molar-refractivity contribution in [2.75, 3.05) is 41.3 Å². The van der Waals surface area contributed by atoms with E-state index in [1.54, 1.807) is 0 Å². The van der Waals surface area contributed by atoms with Crippen LogP contribution in [0.5, 0.6) is 0 Å². The Balaban J connectivity index is 1.56. The number of halogens is 1. The fourth-order valence-corrected chi connectivity index (χ4v) is 4.03. The molecule has 1 fully saturated rings. The lowest BCUT2D eigenvalue weighted by Crippen LogP contribution is -2.47. The van der Waals surface area contributed by atoms with Gasteiger partial charge >= 0.3 is 5.69 Å². The van der Waals surface area contributed by atoms with Crippen molar-refractivity contribution in [2.45, 2.75) is 13.8 Å². The van der Waals surface area contributed by atoms with Crippen LogP contribution in [0.1, 0.15) is 11.1 Å². The molecule has 0 saturated carbocycles. The lowest BCUT2D eigenvalue weighted by Gasteiger charge is -2.37. The van der Waals surface area contributed by atoms with Crippen molar-refractivity contribution in [3.05, 3.63) is 74.5 Å². The summed E-state index contributed by atoms with van der Waals surface area (Å²) in [5, 5.41) is 15.0. The minimum atomic E-state index is -0.409. The molecule has 1 saturated heterocycles. The molecule has 160 valence electrons. The second-order valence-electron chi connectivity index (χ2n) is 7.48. The number of anilines is 4. The van der Waals surface area contributed by atoms with Gasteiger partial charge in [-0.05, 0) is 55.3 Å². The molecule has 3 aromatic rings. The molecule has 1 aromatic heterocycles. The molecular weight excluding hydrogens is 460 g/mol. The molecule has 0 spiro atoms. The van der Waals surface area contributed by atoms with E-state index in [1.807, 2.05) is 29.2 Å². The third kappa shape index (κ3) is 4.46. The predicted octanol–water partition coefficient (Wildman–Crippen LogP) is 4.83. The quantitative estimate of drug-likeness (QED) is 0.411. The van der Waals surface area contributed by atoms with Crippen molar-refractivity contribution in [2.24, 2.45) is 0 Å². The fourth-order valence-electron chi connectivity index (χ4n) is 3.77. The number of piperazine rings is 1. The molecule has 0 unspecified atom stereocenters. The van der Waals surface area contributed by atoms with Crippen molar-refractivity contribution in [3.8, 4) is 0 Å². The molecule has 1 N–H and O–H groups in total. The van der Waals surface area contributed by atoms with E-state index in [2.05, 4.69) is 68.2 Å². The van der Waals surface area contributed by atoms with Gasteiger partial charge in [-0.1, -0.05) is 28.1 Å². The molecule has 1 aliphatic heterocycles. The van der Waals surface area contributed by atoms with E-state index in [1.165, 1.54) is 23.1 Å². The summed E-state index contributed by atoms with van der Waals surface area (Å²) in [6.07, 6.45) is 1.38. The number of hydrogen-bond acceptors (Lipinski definition) is 7. The van der Waals surface area contributed by atoms with E-state index in [4.69, 9.17) is 0 Å². The Morgan fingerprint density at radius 1 is 1.00 bits per heavy atom. The fraction of sp³-hybridized carbons (Fsp3) is 0.273. The molecule has 9 heteroatoms. The minimum Gasteiger partial charge on any atom is -0.368 e. The summed E-state index contributed by atoms with van der Waals surface area (Å²) in [4.78, 5) is 24.2. The Kier molecular flexibility index (Phi) is 6.03. The van der Waals surface area contributed by atoms with E-state index in [9.17, 15) is 10.1 Å². The van der Waals surface area contributed by atoms with Gasteiger partial charge in [0.1, 0.15) is 6.33 Å². The van der Waals surface area contributed by atoms with Gasteiger partial charge in [0.2, 0.25) is 11.6 Å². The number of hydrogen-bond donors (Lipinski definition) is 1. The number of nitro groups is 1. The topological polar surface area (TPSA) is 87.4 Å². The first-order chi connectivity index (χ1) is 14.9. The summed E-state index contributed by atoms with van der Waals surface area (Å²) in [5.74, 6) is 0.537. The summed E-state index contributed by atoms with van der Waals surface area (Å²) >= 11 is 3.39. The zero-order chi connectivity index (χ0) is 22.0. The first-order valence-electron chi connectivity index (χ1n) is 10.0. The molecule has 2 heterocycles. The molecule has 0 atom stereocenters. The number of aromatic nitrogens is 2.